The molecule has 1 aromatic rings. The van der Waals surface area contributed by atoms with Gasteiger partial charge in [-0.3, -0.25) is 4.79 Å². The second-order valence-electron chi connectivity index (χ2n) is 20.0. The molecule has 1 fully saturated rings. The zero-order valence-electron chi connectivity index (χ0n) is 37.0. The molecule has 1 heterocycles. The van der Waals surface area contributed by atoms with Gasteiger partial charge in [-0.1, -0.05) is 93.0 Å². The predicted octanol–water partition coefficient (Wildman–Crippen LogP) is 10.7. The Hall–Kier alpha value is -1.54. The molecular formula is C43H78O8Si2. The van der Waals surface area contributed by atoms with E-state index in [1.807, 2.05) is 52.0 Å². The molecule has 306 valence electrons. The Morgan fingerprint density at radius 2 is 1.49 bits per heavy atom. The van der Waals surface area contributed by atoms with Crippen LogP contribution >= 0.6 is 0 Å². The highest BCUT2D eigenvalue weighted by Crippen LogP contribution is 2.42. The molecule has 0 aliphatic carbocycles. The van der Waals surface area contributed by atoms with Crippen molar-refractivity contribution in [3.63, 3.8) is 0 Å². The van der Waals surface area contributed by atoms with Crippen molar-refractivity contribution in [2.75, 3.05) is 20.3 Å². The SMILES string of the molecule is COc1ccc(C2OCC(C)C(C(C)C(O)C(C/C(C)=C/C(C)C(O[Si](C)(C)C(C)(C)C)C(C)CO[Si](C)(C)C(C)(C)C)C(=O)OC(C)(C)C)O2)cc1. The Morgan fingerprint density at radius 3 is 1.98 bits per heavy atom. The largest absolute Gasteiger partial charge is 0.497 e. The van der Waals surface area contributed by atoms with Gasteiger partial charge in [0.15, 0.2) is 22.9 Å². The molecule has 0 bridgehead atoms. The zero-order valence-corrected chi connectivity index (χ0v) is 39.0. The lowest BCUT2D eigenvalue weighted by atomic mass is 9.80. The maximum absolute atomic E-state index is 13.9. The summed E-state index contributed by atoms with van der Waals surface area (Å²) < 4.78 is 37.8. The Labute approximate surface area is 326 Å². The minimum Gasteiger partial charge on any atom is -0.497 e. The number of rotatable bonds is 16. The maximum atomic E-state index is 13.9. The molecule has 1 N–H and O–H groups in total. The Bertz CT molecular complexity index is 1320. The van der Waals surface area contributed by atoms with E-state index in [1.54, 1.807) is 7.11 Å². The quantitative estimate of drug-likeness (QED) is 0.101. The molecule has 0 amide bonds. The number of esters is 1. The van der Waals surface area contributed by atoms with Gasteiger partial charge in [-0.05, 0) is 88.4 Å². The fraction of sp³-hybridized carbons (Fsp3) is 0.791. The molecule has 2 rings (SSSR count). The van der Waals surface area contributed by atoms with Crippen LogP contribution in [0.2, 0.25) is 36.3 Å². The molecule has 9 unspecified atom stereocenters. The molecule has 0 aromatic heterocycles. The fourth-order valence-corrected chi connectivity index (χ4v) is 8.97. The van der Waals surface area contributed by atoms with Crippen molar-refractivity contribution < 1.29 is 37.7 Å². The summed E-state index contributed by atoms with van der Waals surface area (Å²) >= 11 is 0. The van der Waals surface area contributed by atoms with Crippen molar-refractivity contribution in [1.29, 1.82) is 0 Å². The Balaban J connectivity index is 2.42. The third-order valence-electron chi connectivity index (χ3n) is 11.8. The van der Waals surface area contributed by atoms with Gasteiger partial charge in [-0.15, -0.1) is 0 Å². The molecule has 0 radical (unpaired) electrons. The monoisotopic (exact) mass is 779 g/mol. The van der Waals surface area contributed by atoms with Crippen molar-refractivity contribution in [1.82, 2.24) is 0 Å². The van der Waals surface area contributed by atoms with E-state index in [2.05, 4.69) is 102 Å². The molecule has 1 aromatic carbocycles. The summed E-state index contributed by atoms with van der Waals surface area (Å²) in [5, 5.41) is 12.2. The molecule has 8 nitrogen and oxygen atoms in total. The average molecular weight is 779 g/mol. The van der Waals surface area contributed by atoms with Crippen LogP contribution < -0.4 is 4.74 Å². The highest BCUT2D eigenvalue weighted by molar-refractivity contribution is 6.74. The van der Waals surface area contributed by atoms with E-state index in [0.717, 1.165) is 16.9 Å². The Morgan fingerprint density at radius 1 is 0.943 bits per heavy atom. The van der Waals surface area contributed by atoms with Crippen LogP contribution in [-0.4, -0.2) is 71.9 Å². The van der Waals surface area contributed by atoms with E-state index < -0.39 is 46.5 Å². The van der Waals surface area contributed by atoms with E-state index in [1.165, 1.54) is 0 Å². The second-order valence-corrected chi connectivity index (χ2v) is 29.5. The van der Waals surface area contributed by atoms with Crippen LogP contribution in [0.15, 0.2) is 35.9 Å². The number of carbonyl (C=O) groups is 1. The third kappa shape index (κ3) is 13.6. The van der Waals surface area contributed by atoms with Crippen molar-refractivity contribution in [3.05, 3.63) is 41.5 Å². The van der Waals surface area contributed by atoms with Crippen molar-refractivity contribution in [2.45, 2.75) is 170 Å². The van der Waals surface area contributed by atoms with Crippen LogP contribution in [0.5, 0.6) is 5.75 Å². The van der Waals surface area contributed by atoms with Gasteiger partial charge in [0, 0.05) is 29.9 Å². The number of carbonyl (C=O) groups excluding carboxylic acids is 1. The normalized spacial score (nSPS) is 23.1. The summed E-state index contributed by atoms with van der Waals surface area (Å²) in [5.41, 5.74) is 1.18. The molecule has 0 spiro atoms. The van der Waals surface area contributed by atoms with Crippen LogP contribution in [-0.2, 0) is 27.9 Å². The van der Waals surface area contributed by atoms with Crippen molar-refractivity contribution >= 4 is 22.6 Å². The van der Waals surface area contributed by atoms with Gasteiger partial charge in [-0.25, -0.2) is 0 Å². The van der Waals surface area contributed by atoms with Gasteiger partial charge >= 0.3 is 5.97 Å². The summed E-state index contributed by atoms with van der Waals surface area (Å²) in [5.74, 6) is -0.620. The topological polar surface area (TPSA) is 92.7 Å². The lowest BCUT2D eigenvalue weighted by molar-refractivity contribution is -0.257. The van der Waals surface area contributed by atoms with Gasteiger partial charge in [0.2, 0.25) is 0 Å². The molecule has 1 aliphatic heterocycles. The first-order chi connectivity index (χ1) is 24.0. The van der Waals surface area contributed by atoms with Crippen molar-refractivity contribution in [2.24, 2.45) is 29.6 Å². The zero-order chi connectivity index (χ0) is 40.9. The number of allylic oxidation sites excluding steroid dienone is 1. The predicted molar refractivity (Wildman–Crippen MR) is 222 cm³/mol. The first-order valence-corrected chi connectivity index (χ1v) is 25.6. The maximum Gasteiger partial charge on any atom is 0.312 e. The highest BCUT2D eigenvalue weighted by atomic mass is 28.4. The number of methoxy groups -OCH3 is 1. The van der Waals surface area contributed by atoms with E-state index in [-0.39, 0.29) is 46.0 Å². The fourth-order valence-electron chi connectivity index (χ4n) is 6.38. The summed E-state index contributed by atoms with van der Waals surface area (Å²) in [6.07, 6.45) is 0.574. The average Bonchev–Trinajstić information content (AvgIpc) is 3.02. The van der Waals surface area contributed by atoms with Crippen LogP contribution in [0.25, 0.3) is 0 Å². The van der Waals surface area contributed by atoms with Crippen LogP contribution in [0.4, 0.5) is 0 Å². The summed E-state index contributed by atoms with van der Waals surface area (Å²) in [6, 6.07) is 7.62. The minimum absolute atomic E-state index is 0.00775. The van der Waals surface area contributed by atoms with E-state index >= 15 is 0 Å². The molecule has 1 saturated heterocycles. The van der Waals surface area contributed by atoms with Crippen LogP contribution in [0, 0.1) is 29.6 Å². The smallest absolute Gasteiger partial charge is 0.312 e. The van der Waals surface area contributed by atoms with Gasteiger partial charge in [0.1, 0.15) is 11.4 Å². The van der Waals surface area contributed by atoms with E-state index in [9.17, 15) is 9.90 Å². The first kappa shape index (κ1) is 47.6. The lowest BCUT2D eigenvalue weighted by Gasteiger charge is -2.43. The molecule has 53 heavy (non-hydrogen) atoms. The van der Waals surface area contributed by atoms with Crippen LogP contribution in [0.3, 0.4) is 0 Å². The van der Waals surface area contributed by atoms with Gasteiger partial charge in [0.05, 0.1) is 37.9 Å². The number of ether oxygens (including phenoxy) is 4. The van der Waals surface area contributed by atoms with Gasteiger partial charge in [-0.2, -0.15) is 0 Å². The molecule has 1 aliphatic rings. The second kappa shape index (κ2) is 18.6. The van der Waals surface area contributed by atoms with E-state index in [4.69, 9.17) is 27.8 Å². The standard InChI is InChI=1S/C43H78O8Si2/c1-28(24-29(2)37(51-53(18,19)43(12,13)14)31(4)27-48-52(16,17)42(9,10)11)25-35(39(45)50-41(6,7)8)36(44)32(5)38-30(3)26-47-40(49-38)33-20-22-34(46-15)23-21-33/h20-24,29-32,35-38,40,44H,25-27H2,1-19H3/b28-24+. The number of benzene rings is 1. The number of aliphatic hydroxyl groups is 1. The molecule has 10 heteroatoms. The van der Waals surface area contributed by atoms with Gasteiger partial charge in [0.25, 0.3) is 0 Å². The van der Waals surface area contributed by atoms with E-state index in [0.29, 0.717) is 19.6 Å². The summed E-state index contributed by atoms with van der Waals surface area (Å²) in [6.45, 7) is 40.1. The third-order valence-corrected chi connectivity index (χ3v) is 20.8. The Kier molecular flexibility index (Phi) is 16.7. The molecular weight excluding hydrogens is 701 g/mol. The number of hydrogen-bond acceptors (Lipinski definition) is 8. The minimum atomic E-state index is -2.14. The first-order valence-electron chi connectivity index (χ1n) is 19.8. The van der Waals surface area contributed by atoms with Crippen molar-refractivity contribution in [3.8, 4) is 5.75 Å². The number of hydrogen-bond donors (Lipinski definition) is 1. The number of aliphatic hydroxyl groups excluding tert-OH is 1. The summed E-state index contributed by atoms with van der Waals surface area (Å²) in [7, 11) is -2.47. The summed E-state index contributed by atoms with van der Waals surface area (Å²) in [4.78, 5) is 13.9. The van der Waals surface area contributed by atoms with Gasteiger partial charge < -0.3 is 32.9 Å². The molecule has 0 saturated carbocycles. The van der Waals surface area contributed by atoms with Crippen LogP contribution in [0.1, 0.15) is 115 Å². The lowest BCUT2D eigenvalue weighted by Crippen LogP contribution is -2.49. The highest BCUT2D eigenvalue weighted by Gasteiger charge is 2.44. The molecule has 9 atom stereocenters.